The third-order valence-corrected chi connectivity index (χ3v) is 3.31. The standard InChI is InChI=1S/C15H11N5/c1-2-5-11(6-3-1)14-15-12(7-4-8-16-15)20-10-18-19-13(20)9-17-14/h1-9H,10H2. The van der Waals surface area contributed by atoms with E-state index in [0.29, 0.717) is 6.67 Å². The number of aromatic nitrogens is 1. The summed E-state index contributed by atoms with van der Waals surface area (Å²) in [5.74, 6) is 0.755. The van der Waals surface area contributed by atoms with Gasteiger partial charge in [-0.2, -0.15) is 5.11 Å². The fourth-order valence-electron chi connectivity index (χ4n) is 2.38. The summed E-state index contributed by atoms with van der Waals surface area (Å²) in [7, 11) is 0. The van der Waals surface area contributed by atoms with Crippen molar-refractivity contribution in [2.45, 2.75) is 0 Å². The van der Waals surface area contributed by atoms with Crippen LogP contribution in [0.1, 0.15) is 11.3 Å². The van der Waals surface area contributed by atoms with Crippen molar-refractivity contribution in [2.75, 3.05) is 11.6 Å². The van der Waals surface area contributed by atoms with Crippen molar-refractivity contribution < 1.29 is 0 Å². The van der Waals surface area contributed by atoms with Crippen molar-refractivity contribution in [3.05, 3.63) is 71.9 Å². The number of hydrogen-bond donors (Lipinski definition) is 0. The molecule has 1 aromatic heterocycles. The molecule has 1 aromatic carbocycles. The normalized spacial score (nSPS) is 16.1. The van der Waals surface area contributed by atoms with Gasteiger partial charge in [0.1, 0.15) is 12.4 Å². The molecule has 5 heteroatoms. The number of rotatable bonds is 1. The van der Waals surface area contributed by atoms with Crippen molar-refractivity contribution in [2.24, 2.45) is 15.2 Å². The Balaban J connectivity index is 1.95. The zero-order valence-electron chi connectivity index (χ0n) is 10.6. The average Bonchev–Trinajstić information content (AvgIpc) is 2.92. The van der Waals surface area contributed by atoms with E-state index in [1.54, 1.807) is 12.4 Å². The summed E-state index contributed by atoms with van der Waals surface area (Å²) in [5, 5.41) is 8.17. The van der Waals surface area contributed by atoms with Gasteiger partial charge in [0.15, 0.2) is 5.82 Å². The highest BCUT2D eigenvalue weighted by Gasteiger charge is 2.25. The lowest BCUT2D eigenvalue weighted by Gasteiger charge is -2.17. The van der Waals surface area contributed by atoms with Crippen LogP contribution in [0.2, 0.25) is 0 Å². The molecule has 96 valence electrons. The highest BCUT2D eigenvalue weighted by Crippen LogP contribution is 2.30. The van der Waals surface area contributed by atoms with E-state index in [4.69, 9.17) is 0 Å². The van der Waals surface area contributed by atoms with E-state index in [1.807, 2.05) is 47.4 Å². The summed E-state index contributed by atoms with van der Waals surface area (Å²) in [5.41, 5.74) is 3.75. The molecule has 0 saturated heterocycles. The largest absolute Gasteiger partial charge is 0.299 e. The number of nitrogens with zero attached hydrogens (tertiary/aromatic N) is 5. The molecule has 2 aliphatic heterocycles. The fourth-order valence-corrected chi connectivity index (χ4v) is 2.38. The van der Waals surface area contributed by atoms with Gasteiger partial charge in [0.05, 0.1) is 17.6 Å². The molecule has 0 unspecified atom stereocenters. The Labute approximate surface area is 116 Å². The first-order valence-corrected chi connectivity index (χ1v) is 6.37. The maximum atomic E-state index is 4.57. The molecule has 0 aliphatic carbocycles. The molecule has 3 heterocycles. The first-order valence-electron chi connectivity index (χ1n) is 6.37. The number of azo groups is 1. The van der Waals surface area contributed by atoms with Gasteiger partial charge in [0.2, 0.25) is 0 Å². The first kappa shape index (κ1) is 11.0. The van der Waals surface area contributed by atoms with Crippen molar-refractivity contribution in [1.29, 1.82) is 0 Å². The zero-order valence-corrected chi connectivity index (χ0v) is 10.6. The van der Waals surface area contributed by atoms with E-state index in [1.165, 1.54) is 0 Å². The summed E-state index contributed by atoms with van der Waals surface area (Å²) in [6.45, 7) is 0.516. The Morgan fingerprint density at radius 3 is 2.80 bits per heavy atom. The number of pyridine rings is 1. The van der Waals surface area contributed by atoms with Gasteiger partial charge in [0.25, 0.3) is 0 Å². The Hall–Kier alpha value is -2.82. The Bertz CT molecular complexity index is 746. The van der Waals surface area contributed by atoms with Crippen molar-refractivity contribution in [3.63, 3.8) is 0 Å². The molecule has 0 atom stereocenters. The number of aliphatic imine (C=N–C) groups is 1. The van der Waals surface area contributed by atoms with Crippen molar-refractivity contribution >= 4 is 11.4 Å². The van der Waals surface area contributed by atoms with E-state index in [0.717, 1.165) is 28.5 Å². The van der Waals surface area contributed by atoms with Gasteiger partial charge in [-0.25, -0.2) is 4.99 Å². The van der Waals surface area contributed by atoms with Gasteiger partial charge < -0.3 is 0 Å². The summed E-state index contributed by atoms with van der Waals surface area (Å²) < 4.78 is 0. The molecule has 0 fully saturated rings. The van der Waals surface area contributed by atoms with Crippen molar-refractivity contribution in [1.82, 2.24) is 4.98 Å². The van der Waals surface area contributed by atoms with Crippen LogP contribution in [0.15, 0.2) is 75.9 Å². The second-order valence-electron chi connectivity index (χ2n) is 4.51. The lowest BCUT2D eigenvalue weighted by Crippen LogP contribution is -2.19. The summed E-state index contributed by atoms with van der Waals surface area (Å²) in [6.07, 6.45) is 3.53. The molecular formula is C15H11N5. The number of anilines is 1. The maximum absolute atomic E-state index is 4.57. The predicted molar refractivity (Wildman–Crippen MR) is 76.6 cm³/mol. The number of fused-ring (bicyclic) bond motifs is 3. The maximum Gasteiger partial charge on any atom is 0.175 e. The smallest absolute Gasteiger partial charge is 0.175 e. The summed E-state index contributed by atoms with van der Waals surface area (Å²) in [4.78, 5) is 11.1. The van der Waals surface area contributed by atoms with Crippen molar-refractivity contribution in [3.8, 4) is 0 Å². The lowest BCUT2D eigenvalue weighted by atomic mass is 10.1. The van der Waals surface area contributed by atoms with E-state index in [9.17, 15) is 0 Å². The first-order chi connectivity index (χ1) is 9.93. The van der Waals surface area contributed by atoms with Crippen LogP contribution in [0.5, 0.6) is 0 Å². The highest BCUT2D eigenvalue weighted by atomic mass is 15.4. The molecule has 0 saturated carbocycles. The van der Waals surface area contributed by atoms with Crippen LogP contribution in [0, 0.1) is 0 Å². The highest BCUT2D eigenvalue weighted by molar-refractivity contribution is 6.15. The zero-order chi connectivity index (χ0) is 13.4. The minimum absolute atomic E-state index is 0.516. The van der Waals surface area contributed by atoms with Crippen LogP contribution in [0.25, 0.3) is 0 Å². The average molecular weight is 261 g/mol. The molecule has 0 amide bonds. The van der Waals surface area contributed by atoms with E-state index < -0.39 is 0 Å². The Morgan fingerprint density at radius 2 is 1.90 bits per heavy atom. The second kappa shape index (κ2) is 4.38. The molecule has 2 aromatic rings. The van der Waals surface area contributed by atoms with E-state index >= 15 is 0 Å². The summed E-state index contributed by atoms with van der Waals surface area (Å²) >= 11 is 0. The molecule has 0 radical (unpaired) electrons. The second-order valence-corrected chi connectivity index (χ2v) is 4.51. The topological polar surface area (TPSA) is 53.2 Å². The molecule has 0 spiro atoms. The third kappa shape index (κ3) is 1.64. The van der Waals surface area contributed by atoms with Crippen LogP contribution in [-0.4, -0.2) is 17.4 Å². The molecular weight excluding hydrogens is 250 g/mol. The van der Waals surface area contributed by atoms with E-state index in [-0.39, 0.29) is 0 Å². The minimum atomic E-state index is 0.516. The number of hydrogen-bond acceptors (Lipinski definition) is 5. The molecule has 5 nitrogen and oxygen atoms in total. The van der Waals surface area contributed by atoms with Crippen LogP contribution in [-0.2, 0) is 0 Å². The van der Waals surface area contributed by atoms with Gasteiger partial charge in [-0.05, 0) is 12.1 Å². The summed E-state index contributed by atoms with van der Waals surface area (Å²) in [6, 6.07) is 14.0. The number of benzene rings is 1. The van der Waals surface area contributed by atoms with Gasteiger partial charge in [-0.1, -0.05) is 30.3 Å². The van der Waals surface area contributed by atoms with Crippen LogP contribution in [0.3, 0.4) is 0 Å². The third-order valence-electron chi connectivity index (χ3n) is 3.31. The SMILES string of the molecule is C1=C2N=NCN2c2cccnc2C(c2ccccc2)=N1. The fraction of sp³-hybridized carbons (Fsp3) is 0.0667. The van der Waals surface area contributed by atoms with Gasteiger partial charge in [-0.15, -0.1) is 5.11 Å². The predicted octanol–water partition coefficient (Wildman–Crippen LogP) is 2.96. The quantitative estimate of drug-likeness (QED) is 0.792. The molecule has 0 bridgehead atoms. The van der Waals surface area contributed by atoms with E-state index in [2.05, 4.69) is 20.2 Å². The minimum Gasteiger partial charge on any atom is -0.299 e. The Kier molecular flexibility index (Phi) is 2.42. The molecule has 4 rings (SSSR count). The van der Waals surface area contributed by atoms with Gasteiger partial charge in [-0.3, -0.25) is 9.88 Å². The monoisotopic (exact) mass is 261 g/mol. The van der Waals surface area contributed by atoms with Gasteiger partial charge >= 0.3 is 0 Å². The molecule has 20 heavy (non-hydrogen) atoms. The van der Waals surface area contributed by atoms with Crippen LogP contribution in [0.4, 0.5) is 5.69 Å². The van der Waals surface area contributed by atoms with Crippen LogP contribution < -0.4 is 4.90 Å². The lowest BCUT2D eigenvalue weighted by molar-refractivity contribution is 0.995. The molecule has 2 aliphatic rings. The Morgan fingerprint density at radius 1 is 1.00 bits per heavy atom. The molecule has 0 N–H and O–H groups in total. The van der Waals surface area contributed by atoms with Gasteiger partial charge in [0, 0.05) is 11.8 Å². The van der Waals surface area contributed by atoms with Crippen LogP contribution >= 0.6 is 0 Å².